The Kier molecular flexibility index (Phi) is 12.2. The van der Waals surface area contributed by atoms with Crippen molar-refractivity contribution in [3.05, 3.63) is 41.5 Å². The Labute approximate surface area is 231 Å². The molecule has 0 radical (unpaired) electrons. The van der Waals surface area contributed by atoms with Gasteiger partial charge < -0.3 is 23.7 Å². The van der Waals surface area contributed by atoms with Crippen molar-refractivity contribution in [2.75, 3.05) is 60.1 Å². The van der Waals surface area contributed by atoms with Gasteiger partial charge in [-0.3, -0.25) is 4.90 Å². The first-order valence-electron chi connectivity index (χ1n) is 11.9. The normalized spacial score (nSPS) is 15.6. The number of benzene rings is 2. The molecule has 1 atom stereocenters. The van der Waals surface area contributed by atoms with Crippen LogP contribution in [0, 0.1) is 0 Å². The Morgan fingerprint density at radius 2 is 1.42 bits per heavy atom. The van der Waals surface area contributed by atoms with Gasteiger partial charge in [-0.1, -0.05) is 13.0 Å². The van der Waals surface area contributed by atoms with Crippen LogP contribution in [0.25, 0.3) is 0 Å². The van der Waals surface area contributed by atoms with Crippen molar-refractivity contribution < 1.29 is 23.7 Å². The molecule has 0 bridgehead atoms. The summed E-state index contributed by atoms with van der Waals surface area (Å²) in [6.07, 6.45) is 2.19. The summed E-state index contributed by atoms with van der Waals surface area (Å²) >= 11 is 4.11. The average molecular weight is 558 g/mol. The number of nitrogens with zero attached hydrogens (tertiary/aromatic N) is 1. The van der Waals surface area contributed by atoms with E-state index in [2.05, 4.69) is 66.5 Å². The molecular weight excluding hydrogens is 518 g/mol. The summed E-state index contributed by atoms with van der Waals surface area (Å²) in [5.41, 5.74) is 2.41. The molecule has 0 spiro atoms. The van der Waals surface area contributed by atoms with Crippen LogP contribution < -0.4 is 23.7 Å². The molecule has 1 fully saturated rings. The van der Waals surface area contributed by atoms with Crippen molar-refractivity contribution >= 4 is 35.9 Å². The number of rotatable bonds is 12. The lowest BCUT2D eigenvalue weighted by Gasteiger charge is -2.44. The molecule has 1 heterocycles. The SMILES string of the molecule is COc1ccc(CCN(CC(C)c2cc(OC)c(OC)c(OC)c2)C2(C)SCCCS2)cc1OC.Cl. The maximum atomic E-state index is 5.61. The van der Waals surface area contributed by atoms with Crippen LogP contribution in [0.2, 0.25) is 0 Å². The molecular formula is C27H40ClNO5S2. The minimum atomic E-state index is 0. The van der Waals surface area contributed by atoms with Crippen LogP contribution in [-0.4, -0.2) is 69.2 Å². The minimum absolute atomic E-state index is 0. The first-order valence-corrected chi connectivity index (χ1v) is 13.9. The van der Waals surface area contributed by atoms with Gasteiger partial charge in [0, 0.05) is 13.1 Å². The summed E-state index contributed by atoms with van der Waals surface area (Å²) in [6, 6.07) is 10.3. The lowest BCUT2D eigenvalue weighted by molar-refractivity contribution is 0.235. The highest BCUT2D eigenvalue weighted by Gasteiger charge is 2.36. The van der Waals surface area contributed by atoms with Crippen molar-refractivity contribution in [2.45, 2.75) is 36.8 Å². The van der Waals surface area contributed by atoms with E-state index in [0.717, 1.165) is 31.0 Å². The van der Waals surface area contributed by atoms with Gasteiger partial charge in [0.25, 0.3) is 0 Å². The van der Waals surface area contributed by atoms with E-state index in [1.165, 1.54) is 29.1 Å². The summed E-state index contributed by atoms with van der Waals surface area (Å²) in [7, 11) is 8.32. The highest BCUT2D eigenvalue weighted by molar-refractivity contribution is 8.18. The molecule has 0 N–H and O–H groups in total. The number of methoxy groups -OCH3 is 5. The molecule has 3 rings (SSSR count). The van der Waals surface area contributed by atoms with Crippen LogP contribution >= 0.6 is 35.9 Å². The lowest BCUT2D eigenvalue weighted by Crippen LogP contribution is -2.46. The monoisotopic (exact) mass is 557 g/mol. The third kappa shape index (κ3) is 7.24. The molecule has 202 valence electrons. The van der Waals surface area contributed by atoms with E-state index in [1.807, 2.05) is 6.07 Å². The molecule has 0 amide bonds. The van der Waals surface area contributed by atoms with Crippen LogP contribution in [0.1, 0.15) is 37.3 Å². The largest absolute Gasteiger partial charge is 0.493 e. The molecule has 1 aliphatic rings. The second-order valence-corrected chi connectivity index (χ2v) is 11.9. The smallest absolute Gasteiger partial charge is 0.203 e. The molecule has 0 aromatic heterocycles. The van der Waals surface area contributed by atoms with Gasteiger partial charge in [0.15, 0.2) is 23.0 Å². The Balaban J connectivity index is 0.00000456. The molecule has 2 aromatic rings. The fourth-order valence-corrected chi connectivity index (χ4v) is 7.44. The molecule has 1 aliphatic heterocycles. The molecule has 1 saturated heterocycles. The third-order valence-corrected chi connectivity index (χ3v) is 9.75. The predicted octanol–water partition coefficient (Wildman–Crippen LogP) is 6.34. The molecule has 1 unspecified atom stereocenters. The number of hydrogen-bond donors (Lipinski definition) is 0. The lowest BCUT2D eigenvalue weighted by atomic mass is 9.99. The van der Waals surface area contributed by atoms with Gasteiger partial charge in [-0.05, 0) is 72.6 Å². The van der Waals surface area contributed by atoms with E-state index >= 15 is 0 Å². The highest BCUT2D eigenvalue weighted by Crippen LogP contribution is 2.46. The van der Waals surface area contributed by atoms with Gasteiger partial charge in [0.2, 0.25) is 5.75 Å². The quantitative estimate of drug-likeness (QED) is 0.299. The predicted molar refractivity (Wildman–Crippen MR) is 155 cm³/mol. The first kappa shape index (κ1) is 30.6. The van der Waals surface area contributed by atoms with Crippen LogP contribution in [0.15, 0.2) is 30.3 Å². The maximum Gasteiger partial charge on any atom is 0.203 e. The van der Waals surface area contributed by atoms with Gasteiger partial charge in [-0.2, -0.15) is 0 Å². The Hall–Kier alpha value is -1.61. The van der Waals surface area contributed by atoms with Crippen molar-refractivity contribution in [3.63, 3.8) is 0 Å². The van der Waals surface area contributed by atoms with Gasteiger partial charge in [0.05, 0.1) is 35.5 Å². The molecule has 6 nitrogen and oxygen atoms in total. The van der Waals surface area contributed by atoms with Crippen molar-refractivity contribution in [3.8, 4) is 28.7 Å². The standard InChI is InChI=1S/C27H39NO5S2.ClH/c1-19(21-16-24(31-5)26(33-7)25(17-21)32-6)18-28(27(2)34-13-8-14-35-27)12-11-20-9-10-22(29-3)23(15-20)30-4;/h9-10,15-17,19H,8,11-14,18H2,1-7H3;1H. The second kappa shape index (κ2) is 14.4. The van der Waals surface area contributed by atoms with Crippen LogP contribution in [0.4, 0.5) is 0 Å². The number of hydrogen-bond acceptors (Lipinski definition) is 8. The molecule has 0 saturated carbocycles. The van der Waals surface area contributed by atoms with Gasteiger partial charge >= 0.3 is 0 Å². The Bertz CT molecular complexity index is 946. The number of ether oxygens (including phenoxy) is 5. The zero-order valence-electron chi connectivity index (χ0n) is 22.4. The minimum Gasteiger partial charge on any atom is -0.493 e. The van der Waals surface area contributed by atoms with Gasteiger partial charge in [-0.15, -0.1) is 35.9 Å². The van der Waals surface area contributed by atoms with E-state index in [0.29, 0.717) is 17.2 Å². The Morgan fingerprint density at radius 3 is 1.94 bits per heavy atom. The molecule has 36 heavy (non-hydrogen) atoms. The fraction of sp³-hybridized carbons (Fsp3) is 0.556. The van der Waals surface area contributed by atoms with Crippen LogP contribution in [0.3, 0.4) is 0 Å². The van der Waals surface area contributed by atoms with Gasteiger partial charge in [-0.25, -0.2) is 0 Å². The zero-order valence-corrected chi connectivity index (χ0v) is 24.9. The molecule has 9 heteroatoms. The summed E-state index contributed by atoms with van der Waals surface area (Å²) in [4.78, 5) is 2.63. The summed E-state index contributed by atoms with van der Waals surface area (Å²) in [5.74, 6) is 6.20. The molecule has 0 aliphatic carbocycles. The maximum absolute atomic E-state index is 5.61. The summed E-state index contributed by atoms with van der Waals surface area (Å²) in [6.45, 7) is 6.51. The van der Waals surface area contributed by atoms with Crippen molar-refractivity contribution in [1.82, 2.24) is 4.90 Å². The van der Waals surface area contributed by atoms with Crippen LogP contribution in [-0.2, 0) is 6.42 Å². The highest BCUT2D eigenvalue weighted by atomic mass is 35.5. The van der Waals surface area contributed by atoms with E-state index in [1.54, 1.807) is 35.5 Å². The third-order valence-electron chi connectivity index (χ3n) is 6.47. The number of thioether (sulfide) groups is 2. The van der Waals surface area contributed by atoms with Crippen LogP contribution in [0.5, 0.6) is 28.7 Å². The summed E-state index contributed by atoms with van der Waals surface area (Å²) in [5, 5.41) is 0. The topological polar surface area (TPSA) is 49.4 Å². The van der Waals surface area contributed by atoms with E-state index < -0.39 is 0 Å². The Morgan fingerprint density at radius 1 is 0.833 bits per heavy atom. The van der Waals surface area contributed by atoms with Gasteiger partial charge in [0.1, 0.15) is 4.20 Å². The number of halogens is 1. The average Bonchev–Trinajstić information content (AvgIpc) is 2.89. The van der Waals surface area contributed by atoms with E-state index in [9.17, 15) is 0 Å². The molecule has 2 aromatic carbocycles. The summed E-state index contributed by atoms with van der Waals surface area (Å²) < 4.78 is 27.7. The first-order chi connectivity index (χ1) is 16.9. The second-order valence-electron chi connectivity index (χ2n) is 8.69. The van der Waals surface area contributed by atoms with Crippen molar-refractivity contribution in [2.24, 2.45) is 0 Å². The van der Waals surface area contributed by atoms with E-state index in [-0.39, 0.29) is 22.5 Å². The van der Waals surface area contributed by atoms with Crippen molar-refractivity contribution in [1.29, 1.82) is 0 Å². The zero-order chi connectivity index (χ0) is 25.4. The van der Waals surface area contributed by atoms with E-state index in [4.69, 9.17) is 23.7 Å². The fourth-order valence-electron chi connectivity index (χ4n) is 4.39.